The average molecular weight is 535 g/mol. The van der Waals surface area contributed by atoms with Crippen LogP contribution in [-0.4, -0.2) is 37.4 Å². The van der Waals surface area contributed by atoms with E-state index in [-0.39, 0.29) is 4.31 Å². The molecule has 20 heavy (non-hydrogen) atoms. The molecule has 0 bridgehead atoms. The van der Waals surface area contributed by atoms with Crippen LogP contribution in [0.1, 0.15) is 0 Å². The third-order valence-corrected chi connectivity index (χ3v) is 7.08. The lowest BCUT2D eigenvalue weighted by molar-refractivity contribution is -0.137. The van der Waals surface area contributed by atoms with Gasteiger partial charge in [-0.15, -0.1) is 0 Å². The van der Waals surface area contributed by atoms with Gasteiger partial charge in [0.15, 0.2) is 22.3 Å². The van der Waals surface area contributed by atoms with E-state index < -0.39 is 52.0 Å². The number of hydrogen-bond donors (Lipinski definition) is 1. The molecular formula is C9H6F3I2NO4S. The quantitative estimate of drug-likeness (QED) is 0.364. The maximum atomic E-state index is 13.9. The van der Waals surface area contributed by atoms with Gasteiger partial charge in [-0.05, 0) is 45.2 Å². The molecule has 1 rings (SSSR count). The van der Waals surface area contributed by atoms with Crippen LogP contribution >= 0.6 is 45.2 Å². The van der Waals surface area contributed by atoms with Gasteiger partial charge in [0.05, 0.1) is 7.14 Å². The highest BCUT2D eigenvalue weighted by molar-refractivity contribution is 14.1. The summed E-state index contributed by atoms with van der Waals surface area (Å²) >= 11 is 2.67. The van der Waals surface area contributed by atoms with E-state index in [4.69, 9.17) is 5.11 Å². The number of carboxylic acids is 1. The second-order valence-corrected chi connectivity index (χ2v) is 7.69. The minimum absolute atomic E-state index is 0.221. The molecule has 1 aromatic carbocycles. The lowest BCUT2D eigenvalue weighted by Gasteiger charge is -2.17. The summed E-state index contributed by atoms with van der Waals surface area (Å²) in [7, 11) is -3.98. The predicted molar refractivity (Wildman–Crippen MR) is 79.2 cm³/mol. The van der Waals surface area contributed by atoms with Crippen molar-refractivity contribution in [1.29, 1.82) is 0 Å². The lowest BCUT2D eigenvalue weighted by Crippen LogP contribution is -2.33. The molecule has 0 heterocycles. The number of carboxylic acid groups (broad SMARTS) is 1. The van der Waals surface area contributed by atoms with Crippen LogP contribution in [0.3, 0.4) is 0 Å². The van der Waals surface area contributed by atoms with E-state index in [1.807, 2.05) is 0 Å². The number of likely N-dealkylation sites (N-methyl/N-ethyl adjacent to an activating group) is 1. The van der Waals surface area contributed by atoms with Gasteiger partial charge in [0.1, 0.15) is 6.54 Å². The first-order valence-electron chi connectivity index (χ1n) is 4.71. The van der Waals surface area contributed by atoms with E-state index in [9.17, 15) is 26.4 Å². The van der Waals surface area contributed by atoms with Gasteiger partial charge in [0, 0.05) is 7.05 Å². The summed E-state index contributed by atoms with van der Waals surface area (Å²) in [5.74, 6) is -6.34. The molecular weight excluding hydrogens is 529 g/mol. The second kappa shape index (κ2) is 6.31. The Morgan fingerprint density at radius 3 is 2.05 bits per heavy atom. The minimum Gasteiger partial charge on any atom is -0.480 e. The summed E-state index contributed by atoms with van der Waals surface area (Å²) in [4.78, 5) is 8.98. The number of sulfonamides is 1. The van der Waals surface area contributed by atoms with E-state index in [2.05, 4.69) is 0 Å². The fraction of sp³-hybridized carbons (Fsp3) is 0.222. The Labute approximate surface area is 139 Å². The Kier molecular flexibility index (Phi) is 5.65. The van der Waals surface area contributed by atoms with Crippen molar-refractivity contribution in [1.82, 2.24) is 4.31 Å². The molecule has 0 unspecified atom stereocenters. The monoisotopic (exact) mass is 535 g/mol. The van der Waals surface area contributed by atoms with E-state index >= 15 is 0 Å². The molecule has 0 radical (unpaired) electrons. The molecule has 0 aliphatic rings. The molecule has 0 atom stereocenters. The van der Waals surface area contributed by atoms with E-state index in [0.29, 0.717) is 0 Å². The summed E-state index contributed by atoms with van der Waals surface area (Å²) in [6.07, 6.45) is 0. The van der Waals surface area contributed by atoms with Gasteiger partial charge in [-0.1, -0.05) is 0 Å². The third kappa shape index (κ3) is 3.19. The minimum atomic E-state index is -4.80. The van der Waals surface area contributed by atoms with Crippen LogP contribution in [0.15, 0.2) is 4.90 Å². The summed E-state index contributed by atoms with van der Waals surface area (Å²) in [6, 6.07) is 0. The number of halogens is 5. The highest BCUT2D eigenvalue weighted by Gasteiger charge is 2.34. The molecule has 112 valence electrons. The smallest absolute Gasteiger partial charge is 0.318 e. The van der Waals surface area contributed by atoms with Gasteiger partial charge in [0.2, 0.25) is 10.0 Å². The van der Waals surface area contributed by atoms with Crippen molar-refractivity contribution < 1.29 is 31.5 Å². The van der Waals surface area contributed by atoms with Gasteiger partial charge < -0.3 is 5.11 Å². The fourth-order valence-electron chi connectivity index (χ4n) is 1.24. The topological polar surface area (TPSA) is 74.7 Å². The maximum Gasteiger partial charge on any atom is 0.318 e. The molecule has 0 amide bonds. The van der Waals surface area contributed by atoms with Crippen LogP contribution in [0.4, 0.5) is 13.2 Å². The molecule has 0 saturated carbocycles. The van der Waals surface area contributed by atoms with Crippen molar-refractivity contribution in [2.75, 3.05) is 13.6 Å². The summed E-state index contributed by atoms with van der Waals surface area (Å²) in [6.45, 7) is -1.01. The summed E-state index contributed by atoms with van der Waals surface area (Å²) in [5, 5.41) is 8.52. The van der Waals surface area contributed by atoms with Gasteiger partial charge in [-0.25, -0.2) is 21.6 Å². The number of aliphatic carboxylic acids is 1. The van der Waals surface area contributed by atoms with Crippen molar-refractivity contribution >= 4 is 61.2 Å². The van der Waals surface area contributed by atoms with E-state index in [1.165, 1.54) is 45.2 Å². The van der Waals surface area contributed by atoms with Crippen molar-refractivity contribution in [3.63, 3.8) is 0 Å². The molecule has 0 fully saturated rings. The highest BCUT2D eigenvalue weighted by Crippen LogP contribution is 2.31. The molecule has 1 N–H and O–H groups in total. The molecule has 5 nitrogen and oxygen atoms in total. The van der Waals surface area contributed by atoms with Crippen LogP contribution in [0.5, 0.6) is 0 Å². The molecule has 0 aromatic heterocycles. The second-order valence-electron chi connectivity index (χ2n) is 3.55. The number of benzene rings is 1. The van der Waals surface area contributed by atoms with Gasteiger partial charge in [0.25, 0.3) is 0 Å². The van der Waals surface area contributed by atoms with Crippen LogP contribution < -0.4 is 0 Å². The van der Waals surface area contributed by atoms with Crippen LogP contribution in [0.25, 0.3) is 0 Å². The third-order valence-electron chi connectivity index (χ3n) is 2.20. The summed E-state index contributed by atoms with van der Waals surface area (Å²) < 4.78 is 64.5. The Hall–Kier alpha value is -0.150. The van der Waals surface area contributed by atoms with Gasteiger partial charge >= 0.3 is 5.97 Å². The highest BCUT2D eigenvalue weighted by atomic mass is 127. The van der Waals surface area contributed by atoms with Crippen molar-refractivity contribution in [3.05, 3.63) is 24.6 Å². The Morgan fingerprint density at radius 2 is 1.60 bits per heavy atom. The van der Waals surface area contributed by atoms with Crippen LogP contribution in [0.2, 0.25) is 0 Å². The van der Waals surface area contributed by atoms with E-state index in [1.54, 1.807) is 0 Å². The Balaban J connectivity index is 3.59. The largest absolute Gasteiger partial charge is 0.480 e. The first kappa shape index (κ1) is 17.9. The Bertz CT molecular complexity index is 651. The van der Waals surface area contributed by atoms with Gasteiger partial charge in [-0.3, -0.25) is 4.79 Å². The number of hydrogen-bond acceptors (Lipinski definition) is 3. The predicted octanol–water partition coefficient (Wildman–Crippen LogP) is 2.02. The average Bonchev–Trinajstić information content (AvgIpc) is 2.33. The van der Waals surface area contributed by atoms with Crippen molar-refractivity contribution in [2.24, 2.45) is 0 Å². The zero-order chi connectivity index (χ0) is 15.8. The SMILES string of the molecule is CN(CC(=O)O)S(=O)(=O)c1c(F)c(F)c(I)c(I)c1F. The molecule has 0 aliphatic carbocycles. The van der Waals surface area contributed by atoms with E-state index in [0.717, 1.165) is 7.05 Å². The van der Waals surface area contributed by atoms with Crippen LogP contribution in [-0.2, 0) is 14.8 Å². The number of nitrogens with zero attached hydrogens (tertiary/aromatic N) is 1. The maximum absolute atomic E-state index is 13.9. The standard InChI is InChI=1S/C9H6F3I2NO4S/c1-15(2-3(16)17)20(18,19)9-5(11)4(10)7(13)8(14)6(9)12/h2H2,1H3,(H,16,17). The van der Waals surface area contributed by atoms with Crippen LogP contribution in [0, 0.1) is 24.6 Å². The molecule has 0 aliphatic heterocycles. The normalized spacial score (nSPS) is 11.9. The fourth-order valence-corrected chi connectivity index (χ4v) is 3.64. The first-order chi connectivity index (χ1) is 9.01. The zero-order valence-electron chi connectivity index (χ0n) is 9.62. The molecule has 0 spiro atoms. The lowest BCUT2D eigenvalue weighted by atomic mass is 10.3. The zero-order valence-corrected chi connectivity index (χ0v) is 14.8. The van der Waals surface area contributed by atoms with Crippen molar-refractivity contribution in [3.8, 4) is 0 Å². The van der Waals surface area contributed by atoms with Gasteiger partial charge in [-0.2, -0.15) is 4.31 Å². The molecule has 11 heteroatoms. The molecule has 1 aromatic rings. The number of rotatable bonds is 4. The number of carbonyl (C=O) groups is 1. The van der Waals surface area contributed by atoms with Crippen molar-refractivity contribution in [2.45, 2.75) is 4.90 Å². The Morgan fingerprint density at radius 1 is 1.15 bits per heavy atom. The first-order valence-corrected chi connectivity index (χ1v) is 8.31. The summed E-state index contributed by atoms with van der Waals surface area (Å²) in [5.41, 5.74) is 0. The molecule has 0 saturated heterocycles.